The van der Waals surface area contributed by atoms with Crippen LogP contribution in [0.3, 0.4) is 0 Å². The van der Waals surface area contributed by atoms with Gasteiger partial charge in [-0.05, 0) is 12.2 Å². The van der Waals surface area contributed by atoms with E-state index in [1.165, 1.54) is 18.7 Å². The summed E-state index contributed by atoms with van der Waals surface area (Å²) in [4.78, 5) is 33.6. The zero-order valence-electron chi connectivity index (χ0n) is 17.6. The van der Waals surface area contributed by atoms with Gasteiger partial charge in [0.1, 0.15) is 5.78 Å². The Balaban J connectivity index is 3.48. The van der Waals surface area contributed by atoms with Crippen molar-refractivity contribution in [2.45, 2.75) is 44.1 Å². The lowest BCUT2D eigenvalue weighted by Gasteiger charge is -2.16. The van der Waals surface area contributed by atoms with E-state index in [9.17, 15) is 14.4 Å². The smallest absolute Gasteiger partial charge is 0.305 e. The first-order chi connectivity index (χ1) is 13.8. The fourth-order valence-electron chi connectivity index (χ4n) is 2.03. The molecule has 0 aliphatic heterocycles. The quantitative estimate of drug-likeness (QED) is 0.270. The van der Waals surface area contributed by atoms with Gasteiger partial charge in [0.15, 0.2) is 0 Å². The summed E-state index contributed by atoms with van der Waals surface area (Å²) < 4.78 is 21.3. The third kappa shape index (κ3) is 19.9. The van der Waals surface area contributed by atoms with Gasteiger partial charge in [0.05, 0.1) is 64.5 Å². The van der Waals surface area contributed by atoms with Gasteiger partial charge in [-0.2, -0.15) is 0 Å². The lowest BCUT2D eigenvalue weighted by atomic mass is 10.3. The van der Waals surface area contributed by atoms with Gasteiger partial charge in [0.25, 0.3) is 0 Å². The van der Waals surface area contributed by atoms with Crippen LogP contribution in [-0.2, 0) is 33.3 Å². The van der Waals surface area contributed by atoms with E-state index in [4.69, 9.17) is 24.1 Å². The molecule has 29 heavy (non-hydrogen) atoms. The average Bonchev–Trinajstić information content (AvgIpc) is 2.63. The third-order valence-corrected chi connectivity index (χ3v) is 4.60. The molecule has 0 aromatic rings. The molecule has 0 saturated carbocycles. The Morgan fingerprint density at radius 1 is 0.862 bits per heavy atom. The lowest BCUT2D eigenvalue weighted by Crippen LogP contribution is -2.37. The van der Waals surface area contributed by atoms with Crippen LogP contribution in [0.15, 0.2) is 0 Å². The number of Topliss-reactive ketones (excluding diaryl/α,β-unsaturated/α-hetero) is 1. The lowest BCUT2D eigenvalue weighted by molar-refractivity contribution is -0.138. The van der Waals surface area contributed by atoms with E-state index in [-0.39, 0.29) is 23.4 Å². The van der Waals surface area contributed by atoms with Crippen LogP contribution in [0.4, 0.5) is 0 Å². The van der Waals surface area contributed by atoms with Gasteiger partial charge < -0.3 is 29.4 Å². The number of nitrogens with one attached hydrogen (secondary N) is 1. The maximum Gasteiger partial charge on any atom is 0.305 e. The molecule has 0 radical (unpaired) electrons. The van der Waals surface area contributed by atoms with E-state index >= 15 is 0 Å². The Hall–Kier alpha value is -1.20. The van der Waals surface area contributed by atoms with Gasteiger partial charge in [-0.25, -0.2) is 0 Å². The molecular weight excluding hydrogens is 402 g/mol. The maximum absolute atomic E-state index is 12.0. The SMILES string of the molecule is CC(=O)CCOCCOCCOCCOCCNC(=O)C(CC(=O)O)SC(C)C. The number of thioether (sulfide) groups is 1. The minimum Gasteiger partial charge on any atom is -0.481 e. The molecule has 0 rings (SSSR count). The number of ketones is 1. The molecule has 10 heteroatoms. The Morgan fingerprint density at radius 2 is 1.34 bits per heavy atom. The van der Waals surface area contributed by atoms with Gasteiger partial charge in [-0.3, -0.25) is 14.4 Å². The van der Waals surface area contributed by atoms with Crippen LogP contribution < -0.4 is 5.32 Å². The molecule has 0 fully saturated rings. The van der Waals surface area contributed by atoms with Crippen molar-refractivity contribution in [2.24, 2.45) is 0 Å². The second kappa shape index (κ2) is 18.8. The highest BCUT2D eigenvalue weighted by molar-refractivity contribution is 8.01. The first kappa shape index (κ1) is 27.8. The highest BCUT2D eigenvalue weighted by Crippen LogP contribution is 2.20. The fourth-order valence-corrected chi connectivity index (χ4v) is 3.13. The number of carboxylic acids is 1. The molecule has 0 aliphatic carbocycles. The largest absolute Gasteiger partial charge is 0.481 e. The Bertz CT molecular complexity index is 461. The summed E-state index contributed by atoms with van der Waals surface area (Å²) in [5.74, 6) is -1.17. The molecule has 0 bridgehead atoms. The highest BCUT2D eigenvalue weighted by Gasteiger charge is 2.23. The van der Waals surface area contributed by atoms with Crippen molar-refractivity contribution in [1.82, 2.24) is 5.32 Å². The van der Waals surface area contributed by atoms with Gasteiger partial charge in [-0.1, -0.05) is 13.8 Å². The average molecular weight is 438 g/mol. The van der Waals surface area contributed by atoms with Crippen LogP contribution >= 0.6 is 11.8 Å². The number of aliphatic carboxylic acids is 1. The van der Waals surface area contributed by atoms with E-state index in [2.05, 4.69) is 5.32 Å². The Morgan fingerprint density at radius 3 is 1.79 bits per heavy atom. The van der Waals surface area contributed by atoms with Crippen LogP contribution in [0.25, 0.3) is 0 Å². The zero-order chi connectivity index (χ0) is 21.9. The van der Waals surface area contributed by atoms with Crippen molar-refractivity contribution in [3.05, 3.63) is 0 Å². The summed E-state index contributed by atoms with van der Waals surface area (Å²) in [7, 11) is 0. The number of carbonyl (C=O) groups is 3. The van der Waals surface area contributed by atoms with E-state index in [0.717, 1.165) is 0 Å². The van der Waals surface area contributed by atoms with E-state index in [1.807, 2.05) is 13.8 Å². The Kier molecular flexibility index (Phi) is 18.0. The van der Waals surface area contributed by atoms with Crippen molar-refractivity contribution in [3.8, 4) is 0 Å². The molecular formula is C19H35NO8S. The molecule has 0 aromatic carbocycles. The number of ether oxygens (including phenoxy) is 4. The molecule has 0 heterocycles. The molecule has 2 N–H and O–H groups in total. The third-order valence-electron chi connectivity index (χ3n) is 3.35. The summed E-state index contributed by atoms with van der Waals surface area (Å²) in [5.41, 5.74) is 0. The van der Waals surface area contributed by atoms with Crippen molar-refractivity contribution < 1.29 is 38.4 Å². The summed E-state index contributed by atoms with van der Waals surface area (Å²) in [6, 6.07) is 0. The molecule has 0 aliphatic rings. The van der Waals surface area contributed by atoms with E-state index < -0.39 is 11.2 Å². The second-order valence-electron chi connectivity index (χ2n) is 6.46. The van der Waals surface area contributed by atoms with Crippen LogP contribution in [-0.4, -0.2) is 92.7 Å². The molecule has 170 valence electrons. The molecule has 0 saturated heterocycles. The zero-order valence-corrected chi connectivity index (χ0v) is 18.5. The van der Waals surface area contributed by atoms with Crippen LogP contribution in [0.1, 0.15) is 33.6 Å². The predicted octanol–water partition coefficient (Wildman–Crippen LogP) is 1.13. The number of amides is 1. The molecule has 1 unspecified atom stereocenters. The fraction of sp³-hybridized carbons (Fsp3) is 0.842. The number of rotatable bonds is 20. The van der Waals surface area contributed by atoms with Crippen LogP contribution in [0.5, 0.6) is 0 Å². The Labute approximate surface area is 177 Å². The second-order valence-corrected chi connectivity index (χ2v) is 8.25. The number of carboxylic acid groups (broad SMARTS) is 1. The normalized spacial score (nSPS) is 12.1. The summed E-state index contributed by atoms with van der Waals surface area (Å²) >= 11 is 1.34. The van der Waals surface area contributed by atoms with Crippen LogP contribution in [0.2, 0.25) is 0 Å². The minimum absolute atomic E-state index is 0.108. The van der Waals surface area contributed by atoms with Gasteiger partial charge in [0, 0.05) is 13.0 Å². The van der Waals surface area contributed by atoms with E-state index in [0.29, 0.717) is 65.8 Å². The predicted molar refractivity (Wildman–Crippen MR) is 110 cm³/mol. The van der Waals surface area contributed by atoms with Gasteiger partial charge >= 0.3 is 5.97 Å². The van der Waals surface area contributed by atoms with Crippen molar-refractivity contribution in [2.75, 3.05) is 59.4 Å². The van der Waals surface area contributed by atoms with Crippen molar-refractivity contribution >= 4 is 29.4 Å². The topological polar surface area (TPSA) is 120 Å². The summed E-state index contributed by atoms with van der Waals surface area (Å²) in [6.45, 7) is 9.04. The molecule has 0 spiro atoms. The summed E-state index contributed by atoms with van der Waals surface area (Å²) in [6.07, 6.45) is 0.225. The van der Waals surface area contributed by atoms with Gasteiger partial charge in [0.2, 0.25) is 5.91 Å². The maximum atomic E-state index is 12.0. The molecule has 0 aromatic heterocycles. The number of hydrogen-bond acceptors (Lipinski definition) is 8. The minimum atomic E-state index is -0.990. The van der Waals surface area contributed by atoms with E-state index in [1.54, 1.807) is 0 Å². The van der Waals surface area contributed by atoms with Crippen molar-refractivity contribution in [1.29, 1.82) is 0 Å². The number of hydrogen-bond donors (Lipinski definition) is 2. The first-order valence-corrected chi connectivity index (χ1v) is 10.7. The summed E-state index contributed by atoms with van der Waals surface area (Å²) in [5, 5.41) is 11.2. The molecule has 9 nitrogen and oxygen atoms in total. The van der Waals surface area contributed by atoms with Gasteiger partial charge in [-0.15, -0.1) is 11.8 Å². The van der Waals surface area contributed by atoms with Crippen molar-refractivity contribution in [3.63, 3.8) is 0 Å². The highest BCUT2D eigenvalue weighted by atomic mass is 32.2. The molecule has 1 amide bonds. The standard InChI is InChI=1S/C19H35NO8S/c1-15(2)29-17(14-18(22)23)19(24)20-5-7-26-9-11-28-13-12-27-10-8-25-6-4-16(3)21/h15,17H,4-14H2,1-3H3,(H,20,24)(H,22,23). The molecule has 1 atom stereocenters. The first-order valence-electron chi connectivity index (χ1n) is 9.78. The monoisotopic (exact) mass is 437 g/mol. The van der Waals surface area contributed by atoms with Crippen LogP contribution in [0, 0.1) is 0 Å². The number of carbonyl (C=O) groups excluding carboxylic acids is 2.